The van der Waals surface area contributed by atoms with Gasteiger partial charge in [0.05, 0.1) is 11.7 Å². The van der Waals surface area contributed by atoms with E-state index in [9.17, 15) is 5.11 Å². The predicted octanol–water partition coefficient (Wildman–Crippen LogP) is 5.02. The smallest absolute Gasteiger partial charge is 0.126 e. The van der Waals surface area contributed by atoms with Crippen molar-refractivity contribution >= 4 is 17.4 Å². The topological polar surface area (TPSA) is 74.4 Å². The Labute approximate surface area is 207 Å². The molecule has 0 radical (unpaired) electrons. The minimum atomic E-state index is -0.945. The van der Waals surface area contributed by atoms with Crippen molar-refractivity contribution in [2.45, 2.75) is 56.3 Å². The molecule has 3 unspecified atom stereocenters. The first-order valence-electron chi connectivity index (χ1n) is 12.2. The third kappa shape index (κ3) is 4.34. The fourth-order valence-corrected chi connectivity index (χ4v) is 6.20. The van der Waals surface area contributed by atoms with Gasteiger partial charge in [0.15, 0.2) is 0 Å². The number of halogens is 1. The van der Waals surface area contributed by atoms with Gasteiger partial charge in [0, 0.05) is 30.2 Å². The molecule has 5 rings (SSSR count). The van der Waals surface area contributed by atoms with E-state index in [1.165, 1.54) is 11.1 Å². The molecule has 0 spiro atoms. The number of pyridine rings is 1. The molecule has 1 aromatic heterocycles. The Hall–Kier alpha value is -2.44. The maximum atomic E-state index is 11.9. The molecule has 6 heteroatoms. The van der Waals surface area contributed by atoms with Crippen molar-refractivity contribution in [1.29, 1.82) is 0 Å². The van der Waals surface area contributed by atoms with Crippen molar-refractivity contribution in [3.63, 3.8) is 0 Å². The highest BCUT2D eigenvalue weighted by Crippen LogP contribution is 2.51. The number of benzene rings is 2. The monoisotopic (exact) mass is 476 g/mol. The van der Waals surface area contributed by atoms with Gasteiger partial charge in [-0.05, 0) is 67.5 Å². The van der Waals surface area contributed by atoms with Crippen molar-refractivity contribution < 1.29 is 5.11 Å². The molecular formula is C28H33ClN4O. The second kappa shape index (κ2) is 9.67. The van der Waals surface area contributed by atoms with Crippen LogP contribution in [0.3, 0.4) is 0 Å². The number of anilines is 1. The summed E-state index contributed by atoms with van der Waals surface area (Å²) >= 11 is 6.77. The Kier molecular flexibility index (Phi) is 6.63. The number of nitrogens with two attached hydrogens (primary N) is 1. The Bertz CT molecular complexity index is 1090. The third-order valence-electron chi connectivity index (χ3n) is 7.48. The number of rotatable bonds is 7. The lowest BCUT2D eigenvalue weighted by Gasteiger charge is -2.47. The van der Waals surface area contributed by atoms with Crippen LogP contribution in [0, 0.1) is 6.92 Å². The van der Waals surface area contributed by atoms with Crippen LogP contribution in [-0.4, -0.2) is 40.2 Å². The molecule has 2 bridgehead atoms. The standard InChI is InChI=1S/C28H33ClN4O/c1-19-7-2-3-8-22(19)27(23-9-4-5-10-24(23)29)33-20-13-14-21(33)18-28(34,17-20)25-11-6-12-26(32-25)31-16-15-30/h2-12,20-21,27,34H,13-18,30H2,1H3,(H,31,32). The van der Waals surface area contributed by atoms with E-state index in [1.807, 2.05) is 30.3 Å². The second-order valence-electron chi connectivity index (χ2n) is 9.68. The van der Waals surface area contributed by atoms with E-state index in [1.54, 1.807) is 0 Å². The minimum absolute atomic E-state index is 0.0578. The summed E-state index contributed by atoms with van der Waals surface area (Å²) in [6.45, 7) is 3.37. The number of fused-ring (bicyclic) bond motifs is 2. The number of piperidine rings is 1. The van der Waals surface area contributed by atoms with Gasteiger partial charge in [-0.15, -0.1) is 0 Å². The summed E-state index contributed by atoms with van der Waals surface area (Å²) in [5.74, 6) is 0.764. The first-order valence-corrected chi connectivity index (χ1v) is 12.6. The Morgan fingerprint density at radius 1 is 1.03 bits per heavy atom. The summed E-state index contributed by atoms with van der Waals surface area (Å²) in [6, 6.07) is 23.2. The van der Waals surface area contributed by atoms with Crippen LogP contribution in [0.5, 0.6) is 0 Å². The van der Waals surface area contributed by atoms with Crippen LogP contribution in [0.15, 0.2) is 66.7 Å². The highest BCUT2D eigenvalue weighted by molar-refractivity contribution is 6.31. The maximum Gasteiger partial charge on any atom is 0.126 e. The molecule has 2 aromatic carbocycles. The van der Waals surface area contributed by atoms with Gasteiger partial charge in [-0.25, -0.2) is 4.98 Å². The third-order valence-corrected chi connectivity index (χ3v) is 7.82. The first kappa shape index (κ1) is 23.3. The van der Waals surface area contributed by atoms with Crippen molar-refractivity contribution in [3.8, 4) is 0 Å². The molecule has 34 heavy (non-hydrogen) atoms. The van der Waals surface area contributed by atoms with Gasteiger partial charge in [-0.2, -0.15) is 0 Å². The summed E-state index contributed by atoms with van der Waals surface area (Å²) in [7, 11) is 0. The number of aliphatic hydroxyl groups is 1. The summed E-state index contributed by atoms with van der Waals surface area (Å²) in [5, 5.41) is 15.9. The number of hydrogen-bond acceptors (Lipinski definition) is 5. The SMILES string of the molecule is Cc1ccccc1C(c1ccccc1Cl)N1C2CCC1CC(O)(c1cccc(NCCN)n1)C2. The molecule has 2 saturated heterocycles. The molecule has 5 nitrogen and oxygen atoms in total. The van der Waals surface area contributed by atoms with E-state index in [0.717, 1.165) is 34.9 Å². The molecule has 0 aliphatic carbocycles. The molecule has 2 aliphatic rings. The number of nitrogens with one attached hydrogen (secondary N) is 1. The molecule has 0 amide bonds. The zero-order chi connectivity index (χ0) is 23.7. The van der Waals surface area contributed by atoms with E-state index < -0.39 is 5.60 Å². The van der Waals surface area contributed by atoms with E-state index in [4.69, 9.17) is 22.3 Å². The van der Waals surface area contributed by atoms with Crippen LogP contribution in [0.1, 0.15) is 54.1 Å². The van der Waals surface area contributed by atoms with Gasteiger partial charge >= 0.3 is 0 Å². The lowest BCUT2D eigenvalue weighted by molar-refractivity contribution is -0.0684. The normalized spacial score (nSPS) is 25.3. The molecule has 4 N–H and O–H groups in total. The molecule has 3 aromatic rings. The molecule has 178 valence electrons. The van der Waals surface area contributed by atoms with E-state index >= 15 is 0 Å². The molecule has 0 saturated carbocycles. The van der Waals surface area contributed by atoms with Gasteiger partial charge in [0.1, 0.15) is 11.4 Å². The summed E-state index contributed by atoms with van der Waals surface area (Å²) in [4.78, 5) is 7.38. The van der Waals surface area contributed by atoms with Gasteiger partial charge in [-0.1, -0.05) is 60.1 Å². The molecule has 2 fully saturated rings. The zero-order valence-corrected chi connectivity index (χ0v) is 20.4. The number of aryl methyl sites for hydroxylation is 1. The van der Waals surface area contributed by atoms with Crippen LogP contribution < -0.4 is 11.1 Å². The van der Waals surface area contributed by atoms with Crippen molar-refractivity contribution in [3.05, 3.63) is 94.1 Å². The zero-order valence-electron chi connectivity index (χ0n) is 19.6. The molecular weight excluding hydrogens is 444 g/mol. The van der Waals surface area contributed by atoms with Crippen LogP contribution in [0.2, 0.25) is 5.02 Å². The number of hydrogen-bond donors (Lipinski definition) is 3. The number of aromatic nitrogens is 1. The van der Waals surface area contributed by atoms with Crippen LogP contribution >= 0.6 is 11.6 Å². The van der Waals surface area contributed by atoms with Crippen LogP contribution in [0.4, 0.5) is 5.82 Å². The summed E-state index contributed by atoms with van der Waals surface area (Å²) in [6.07, 6.45) is 3.43. The average Bonchev–Trinajstić information content (AvgIpc) is 3.11. The fourth-order valence-electron chi connectivity index (χ4n) is 5.96. The second-order valence-corrected chi connectivity index (χ2v) is 10.1. The average molecular weight is 477 g/mol. The van der Waals surface area contributed by atoms with Gasteiger partial charge in [-0.3, -0.25) is 4.90 Å². The summed E-state index contributed by atoms with van der Waals surface area (Å²) in [5.41, 5.74) is 9.11. The highest BCUT2D eigenvalue weighted by Gasteiger charge is 2.51. The van der Waals surface area contributed by atoms with E-state index in [-0.39, 0.29) is 18.1 Å². The van der Waals surface area contributed by atoms with Crippen molar-refractivity contribution in [1.82, 2.24) is 9.88 Å². The fraction of sp³-hybridized carbons (Fsp3) is 0.393. The van der Waals surface area contributed by atoms with E-state index in [0.29, 0.717) is 25.9 Å². The van der Waals surface area contributed by atoms with E-state index in [2.05, 4.69) is 53.5 Å². The first-order chi connectivity index (χ1) is 16.5. The van der Waals surface area contributed by atoms with Crippen LogP contribution in [0.25, 0.3) is 0 Å². The quantitative estimate of drug-likeness (QED) is 0.446. The Balaban J connectivity index is 1.50. The molecule has 3 atom stereocenters. The van der Waals surface area contributed by atoms with Gasteiger partial charge in [0.25, 0.3) is 0 Å². The van der Waals surface area contributed by atoms with Gasteiger partial charge < -0.3 is 16.2 Å². The lowest BCUT2D eigenvalue weighted by atomic mass is 9.80. The largest absolute Gasteiger partial charge is 0.383 e. The van der Waals surface area contributed by atoms with Crippen molar-refractivity contribution in [2.24, 2.45) is 5.73 Å². The van der Waals surface area contributed by atoms with Crippen molar-refractivity contribution in [2.75, 3.05) is 18.4 Å². The van der Waals surface area contributed by atoms with Gasteiger partial charge in [0.2, 0.25) is 0 Å². The summed E-state index contributed by atoms with van der Waals surface area (Å²) < 4.78 is 0. The highest BCUT2D eigenvalue weighted by atomic mass is 35.5. The lowest BCUT2D eigenvalue weighted by Crippen LogP contribution is -2.51. The molecule has 2 aliphatic heterocycles. The minimum Gasteiger partial charge on any atom is -0.383 e. The predicted molar refractivity (Wildman–Crippen MR) is 138 cm³/mol. The maximum absolute atomic E-state index is 11.9. The molecule has 3 heterocycles. The van der Waals surface area contributed by atoms with Crippen LogP contribution in [-0.2, 0) is 5.60 Å². The number of nitrogens with zero attached hydrogens (tertiary/aromatic N) is 2. The Morgan fingerprint density at radius 3 is 2.38 bits per heavy atom. The Morgan fingerprint density at radius 2 is 1.71 bits per heavy atom.